The minimum absolute atomic E-state index is 0.0853. The van der Waals surface area contributed by atoms with Gasteiger partial charge in [-0.2, -0.15) is 0 Å². The van der Waals surface area contributed by atoms with E-state index < -0.39 is 0 Å². The Labute approximate surface area is 88.3 Å². The maximum atomic E-state index is 11.2. The first-order chi connectivity index (χ1) is 6.56. The molecule has 2 N–H and O–H groups in total. The number of Topliss-reactive ketones (excluding diaryl/α,β-unsaturated/α-hetero) is 1. The van der Waals surface area contributed by atoms with Crippen LogP contribution < -0.4 is 5.73 Å². The van der Waals surface area contributed by atoms with E-state index in [1.807, 2.05) is 6.92 Å². The molecule has 76 valence electrons. The minimum atomic E-state index is -0.0901. The van der Waals surface area contributed by atoms with Crippen LogP contribution in [0.4, 0.5) is 0 Å². The number of aromatic nitrogens is 1. The molecule has 0 fully saturated rings. The molecule has 14 heavy (non-hydrogen) atoms. The largest absolute Gasteiger partial charge is 0.324 e. The highest BCUT2D eigenvalue weighted by atomic mass is 35.5. The summed E-state index contributed by atoms with van der Waals surface area (Å²) in [6.07, 6.45) is 2.42. The highest BCUT2D eigenvalue weighted by Crippen LogP contribution is 2.19. The third kappa shape index (κ3) is 2.30. The van der Waals surface area contributed by atoms with Crippen molar-refractivity contribution >= 4 is 17.4 Å². The third-order valence-corrected chi connectivity index (χ3v) is 2.41. The molecule has 0 aliphatic heterocycles. The Bertz CT molecular complexity index is 352. The molecule has 0 aromatic carbocycles. The van der Waals surface area contributed by atoms with Crippen LogP contribution >= 0.6 is 11.6 Å². The molecule has 4 heteroatoms. The van der Waals surface area contributed by atoms with Crippen LogP contribution in [0.5, 0.6) is 0 Å². The van der Waals surface area contributed by atoms with E-state index in [0.29, 0.717) is 5.56 Å². The number of nitrogens with zero attached hydrogens (tertiary/aromatic N) is 1. The quantitative estimate of drug-likeness (QED) is 0.618. The van der Waals surface area contributed by atoms with Gasteiger partial charge in [-0.15, -0.1) is 0 Å². The van der Waals surface area contributed by atoms with E-state index in [1.54, 1.807) is 12.3 Å². The number of rotatable bonds is 3. The molecular formula is C10H13ClN2O. The van der Waals surface area contributed by atoms with Crippen LogP contribution in [0.15, 0.2) is 12.3 Å². The van der Waals surface area contributed by atoms with Gasteiger partial charge in [-0.1, -0.05) is 18.5 Å². The lowest BCUT2D eigenvalue weighted by Crippen LogP contribution is -2.10. The monoisotopic (exact) mass is 212 g/mol. The second kappa shape index (κ2) is 4.53. The summed E-state index contributed by atoms with van der Waals surface area (Å²) in [5, 5.41) is 0.240. The topological polar surface area (TPSA) is 56.0 Å². The van der Waals surface area contributed by atoms with Crippen molar-refractivity contribution in [3.8, 4) is 0 Å². The van der Waals surface area contributed by atoms with Gasteiger partial charge in [0, 0.05) is 12.2 Å². The fourth-order valence-corrected chi connectivity index (χ4v) is 1.39. The highest BCUT2D eigenvalue weighted by molar-refractivity contribution is 6.32. The van der Waals surface area contributed by atoms with Crippen molar-refractivity contribution in [1.82, 2.24) is 4.98 Å². The van der Waals surface area contributed by atoms with E-state index in [-0.39, 0.29) is 17.0 Å². The molecule has 1 rings (SSSR count). The van der Waals surface area contributed by atoms with Gasteiger partial charge in [0.05, 0.1) is 5.56 Å². The summed E-state index contributed by atoms with van der Waals surface area (Å²) in [5.41, 5.74) is 7.11. The van der Waals surface area contributed by atoms with Crippen molar-refractivity contribution in [1.29, 1.82) is 0 Å². The summed E-state index contributed by atoms with van der Waals surface area (Å²) in [5.74, 6) is -0.0901. The average molecular weight is 213 g/mol. The first kappa shape index (κ1) is 11.1. The van der Waals surface area contributed by atoms with E-state index in [9.17, 15) is 4.79 Å². The van der Waals surface area contributed by atoms with Crippen molar-refractivity contribution in [3.63, 3.8) is 0 Å². The fraction of sp³-hybridized carbons (Fsp3) is 0.400. The smallest absolute Gasteiger partial charge is 0.162 e. The molecule has 1 aromatic heterocycles. The number of pyridine rings is 1. The van der Waals surface area contributed by atoms with E-state index in [4.69, 9.17) is 17.3 Å². The predicted octanol–water partition coefficient (Wildman–Crippen LogP) is 2.35. The molecule has 3 nitrogen and oxygen atoms in total. The molecule has 0 bridgehead atoms. The summed E-state index contributed by atoms with van der Waals surface area (Å²) < 4.78 is 0. The summed E-state index contributed by atoms with van der Waals surface area (Å²) in [6, 6.07) is 1.63. The Balaban J connectivity index is 3.12. The van der Waals surface area contributed by atoms with E-state index in [1.165, 1.54) is 6.92 Å². The lowest BCUT2D eigenvalue weighted by molar-refractivity contribution is 0.101. The van der Waals surface area contributed by atoms with Gasteiger partial charge in [0.15, 0.2) is 5.78 Å². The van der Waals surface area contributed by atoms with Gasteiger partial charge >= 0.3 is 0 Å². The highest BCUT2D eigenvalue weighted by Gasteiger charge is 2.11. The third-order valence-electron chi connectivity index (χ3n) is 2.11. The summed E-state index contributed by atoms with van der Waals surface area (Å²) in [4.78, 5) is 15.1. The van der Waals surface area contributed by atoms with Crippen molar-refractivity contribution in [3.05, 3.63) is 28.5 Å². The van der Waals surface area contributed by atoms with Crippen molar-refractivity contribution in [2.45, 2.75) is 26.3 Å². The lowest BCUT2D eigenvalue weighted by Gasteiger charge is -2.09. The Morgan fingerprint density at radius 2 is 2.36 bits per heavy atom. The SMILES string of the molecule is CC[C@H](N)c1cnc(Cl)c(C(C)=O)c1. The van der Waals surface area contributed by atoms with Gasteiger partial charge < -0.3 is 5.73 Å². The van der Waals surface area contributed by atoms with Gasteiger partial charge in [0.25, 0.3) is 0 Å². The fourth-order valence-electron chi connectivity index (χ4n) is 1.15. The van der Waals surface area contributed by atoms with Crippen molar-refractivity contribution < 1.29 is 4.79 Å². The molecule has 0 spiro atoms. The van der Waals surface area contributed by atoms with Gasteiger partial charge in [-0.25, -0.2) is 4.98 Å². The Kier molecular flexibility index (Phi) is 3.61. The molecule has 1 atom stereocenters. The van der Waals surface area contributed by atoms with Crippen LogP contribution in [0.1, 0.15) is 42.2 Å². The first-order valence-electron chi connectivity index (χ1n) is 4.48. The Morgan fingerprint density at radius 1 is 1.71 bits per heavy atom. The second-order valence-electron chi connectivity index (χ2n) is 3.18. The standard InChI is InChI=1S/C10H13ClN2O/c1-3-9(12)7-4-8(6(2)14)10(11)13-5-7/h4-5,9H,3,12H2,1-2H3/t9-/m0/s1. The Hall–Kier alpha value is -0.930. The average Bonchev–Trinajstić information content (AvgIpc) is 2.17. The van der Waals surface area contributed by atoms with Gasteiger partial charge in [0.1, 0.15) is 5.15 Å². The number of hydrogen-bond donors (Lipinski definition) is 1. The van der Waals surface area contributed by atoms with Crippen molar-refractivity contribution in [2.24, 2.45) is 5.73 Å². The maximum Gasteiger partial charge on any atom is 0.162 e. The molecule has 0 unspecified atom stereocenters. The number of halogens is 1. The molecule has 1 heterocycles. The summed E-state index contributed by atoms with van der Waals surface area (Å²) in [7, 11) is 0. The number of nitrogens with two attached hydrogens (primary N) is 1. The van der Waals surface area contributed by atoms with Crippen molar-refractivity contribution in [2.75, 3.05) is 0 Å². The molecule has 0 saturated heterocycles. The number of hydrogen-bond acceptors (Lipinski definition) is 3. The number of carbonyl (C=O) groups excluding carboxylic acids is 1. The zero-order valence-electron chi connectivity index (χ0n) is 8.25. The molecule has 0 aliphatic carbocycles. The van der Waals surface area contributed by atoms with Crippen LogP contribution in [0, 0.1) is 0 Å². The predicted molar refractivity (Wildman–Crippen MR) is 56.5 cm³/mol. The molecule has 1 aromatic rings. The Morgan fingerprint density at radius 3 is 2.86 bits per heavy atom. The van der Waals surface area contributed by atoms with Crippen LogP contribution in [-0.2, 0) is 0 Å². The summed E-state index contributed by atoms with van der Waals surface area (Å²) in [6.45, 7) is 3.44. The van der Waals surface area contributed by atoms with Crippen LogP contribution in [-0.4, -0.2) is 10.8 Å². The van der Waals surface area contributed by atoms with E-state index in [0.717, 1.165) is 12.0 Å². The molecule has 0 amide bonds. The first-order valence-corrected chi connectivity index (χ1v) is 4.86. The van der Waals surface area contributed by atoms with E-state index >= 15 is 0 Å². The van der Waals surface area contributed by atoms with Gasteiger partial charge in [-0.3, -0.25) is 4.79 Å². The minimum Gasteiger partial charge on any atom is -0.324 e. The summed E-state index contributed by atoms with van der Waals surface area (Å²) >= 11 is 5.77. The van der Waals surface area contributed by atoms with Crippen LogP contribution in [0.3, 0.4) is 0 Å². The van der Waals surface area contributed by atoms with Gasteiger partial charge in [0.2, 0.25) is 0 Å². The van der Waals surface area contributed by atoms with Crippen LogP contribution in [0.2, 0.25) is 5.15 Å². The molecular weight excluding hydrogens is 200 g/mol. The molecule has 0 aliphatic rings. The normalized spacial score (nSPS) is 12.6. The number of carbonyl (C=O) groups is 1. The second-order valence-corrected chi connectivity index (χ2v) is 3.54. The molecule has 0 saturated carbocycles. The lowest BCUT2D eigenvalue weighted by atomic mass is 10.0. The number of ketones is 1. The molecule has 0 radical (unpaired) electrons. The van der Waals surface area contributed by atoms with Crippen LogP contribution in [0.25, 0.3) is 0 Å². The van der Waals surface area contributed by atoms with E-state index in [2.05, 4.69) is 4.98 Å². The maximum absolute atomic E-state index is 11.2. The van der Waals surface area contributed by atoms with Gasteiger partial charge in [-0.05, 0) is 25.0 Å². The zero-order chi connectivity index (χ0) is 10.7. The zero-order valence-corrected chi connectivity index (χ0v) is 9.01.